The van der Waals surface area contributed by atoms with Crippen molar-refractivity contribution in [2.24, 2.45) is 5.92 Å². The molecule has 0 fully saturated rings. The molecule has 4 heteroatoms. The summed E-state index contributed by atoms with van der Waals surface area (Å²) < 4.78 is 15.1. The highest BCUT2D eigenvalue weighted by molar-refractivity contribution is 5.52. The highest BCUT2D eigenvalue weighted by Crippen LogP contribution is 2.37. The minimum absolute atomic E-state index is 0.0678. The summed E-state index contributed by atoms with van der Waals surface area (Å²) in [6.07, 6.45) is 40.6. The fourth-order valence-electron chi connectivity index (χ4n) is 8.83. The van der Waals surface area contributed by atoms with Gasteiger partial charge < -0.3 is 15.2 Å². The number of H-pyrrole nitrogens is 1. The van der Waals surface area contributed by atoms with Crippen molar-refractivity contribution in [2.45, 2.75) is 220 Å². The Bertz CT molecular complexity index is 1290. The largest absolute Gasteiger partial charge is 0.385 e. The smallest absolute Gasteiger partial charge is 0.139 e. The molecule has 2 atom stereocenters. The van der Waals surface area contributed by atoms with Gasteiger partial charge in [0.1, 0.15) is 5.83 Å². The van der Waals surface area contributed by atoms with Crippen molar-refractivity contribution in [2.75, 3.05) is 18.4 Å². The molecule has 0 spiro atoms. The maximum Gasteiger partial charge on any atom is 0.139 e. The maximum absolute atomic E-state index is 15.1. The predicted octanol–water partition coefficient (Wildman–Crippen LogP) is 16.7. The zero-order valence-electron chi connectivity index (χ0n) is 36.7. The van der Waals surface area contributed by atoms with E-state index in [1.165, 1.54) is 176 Å². The van der Waals surface area contributed by atoms with E-state index in [0.29, 0.717) is 5.92 Å². The number of hydrogen-bond acceptors (Lipinski definition) is 2. The van der Waals surface area contributed by atoms with Gasteiger partial charge in [0.25, 0.3) is 0 Å². The molecule has 2 heterocycles. The molecule has 312 valence electrons. The second-order valence-electron chi connectivity index (χ2n) is 17.7. The summed E-state index contributed by atoms with van der Waals surface area (Å²) >= 11 is 0. The van der Waals surface area contributed by atoms with Crippen molar-refractivity contribution in [3.8, 4) is 0 Å². The molecule has 0 amide bonds. The van der Waals surface area contributed by atoms with Gasteiger partial charge in [-0.3, -0.25) is 0 Å². The first kappa shape index (κ1) is 46.9. The molecule has 3 nitrogen and oxygen atoms in total. The zero-order valence-corrected chi connectivity index (χ0v) is 36.7. The van der Waals surface area contributed by atoms with Gasteiger partial charge in [0, 0.05) is 36.9 Å². The predicted molar refractivity (Wildman–Crippen MR) is 241 cm³/mol. The molecule has 2 aromatic rings. The molecule has 2 N–H and O–H groups in total. The highest BCUT2D eigenvalue weighted by atomic mass is 19.1. The maximum atomic E-state index is 15.1. The molecule has 0 aliphatic carbocycles. The van der Waals surface area contributed by atoms with Crippen molar-refractivity contribution in [1.82, 2.24) is 9.88 Å². The number of aryl methyl sites for hydroxylation is 1. The molecule has 1 aromatic heterocycles. The lowest BCUT2D eigenvalue weighted by Gasteiger charge is -2.35. The Morgan fingerprint density at radius 3 is 1.84 bits per heavy atom. The van der Waals surface area contributed by atoms with Crippen LogP contribution >= 0.6 is 0 Å². The van der Waals surface area contributed by atoms with E-state index in [1.54, 1.807) is 6.20 Å². The average Bonchev–Trinajstić information content (AvgIpc) is 3.64. The quantitative estimate of drug-likeness (QED) is 0.0696. The number of anilines is 1. The van der Waals surface area contributed by atoms with Gasteiger partial charge >= 0.3 is 0 Å². The minimum atomic E-state index is -0.0678. The van der Waals surface area contributed by atoms with E-state index in [1.807, 2.05) is 6.08 Å². The van der Waals surface area contributed by atoms with Crippen molar-refractivity contribution in [1.29, 1.82) is 0 Å². The van der Waals surface area contributed by atoms with Crippen molar-refractivity contribution < 1.29 is 4.39 Å². The van der Waals surface area contributed by atoms with Crippen molar-refractivity contribution in [3.05, 3.63) is 77.0 Å². The minimum Gasteiger partial charge on any atom is -0.385 e. The Morgan fingerprint density at radius 2 is 1.22 bits per heavy atom. The Kier molecular flexibility index (Phi) is 25.3. The molecule has 2 unspecified atom stereocenters. The summed E-state index contributed by atoms with van der Waals surface area (Å²) in [5, 5.41) is 3.74. The zero-order chi connectivity index (χ0) is 39.4. The van der Waals surface area contributed by atoms with Crippen molar-refractivity contribution >= 4 is 5.69 Å². The number of aromatic nitrogens is 1. The fourth-order valence-corrected chi connectivity index (χ4v) is 8.83. The van der Waals surface area contributed by atoms with Crippen LogP contribution in [-0.2, 0) is 6.42 Å². The first-order chi connectivity index (χ1) is 26.9. The third-order valence-corrected chi connectivity index (χ3v) is 12.0. The summed E-state index contributed by atoms with van der Waals surface area (Å²) in [5.74, 6) is 1.26. The van der Waals surface area contributed by atoms with Crippen LogP contribution < -0.4 is 5.32 Å². The Balaban J connectivity index is 1.38. The summed E-state index contributed by atoms with van der Waals surface area (Å²) in [7, 11) is 0. The molecule has 0 radical (unpaired) electrons. The van der Waals surface area contributed by atoms with Crippen LogP contribution in [0.25, 0.3) is 0 Å². The lowest BCUT2D eigenvalue weighted by molar-refractivity contribution is 0.280. The van der Waals surface area contributed by atoms with Crippen LogP contribution in [0, 0.1) is 5.92 Å². The van der Waals surface area contributed by atoms with Crippen LogP contribution in [0.4, 0.5) is 10.1 Å². The Hall–Kier alpha value is -2.49. The number of halogens is 1. The number of allylic oxidation sites excluding steroid dienone is 2. The number of aromatic amines is 1. The van der Waals surface area contributed by atoms with E-state index in [9.17, 15) is 0 Å². The molecule has 1 aliphatic heterocycles. The molecular weight excluding hydrogens is 674 g/mol. The standard InChI is InChI=1S/C51H86FN3/c1-6-8-10-12-14-19-23-27-33-46-40-47(52)42-55(37-31-25-21-15-13-11-9-7-2)51(46)50-39-45(41-54-50)32-26-22-18-16-17-20-24-30-36-53-49-35-29-28-34-48(49)44(5)38-43(3)4/h28-29,34-35,39-44,51,53-54H,6-27,30-33,36-38H2,1-5H3. The van der Waals surface area contributed by atoms with Crippen LogP contribution in [-0.4, -0.2) is 23.0 Å². The van der Waals surface area contributed by atoms with E-state index >= 15 is 4.39 Å². The van der Waals surface area contributed by atoms with Gasteiger partial charge in [0.15, 0.2) is 0 Å². The van der Waals surface area contributed by atoms with Crippen LogP contribution in [0.5, 0.6) is 0 Å². The van der Waals surface area contributed by atoms with Gasteiger partial charge in [-0.2, -0.15) is 0 Å². The number of nitrogens with one attached hydrogen (secondary N) is 2. The van der Waals surface area contributed by atoms with Crippen LogP contribution in [0.15, 0.2) is 60.2 Å². The molecule has 1 aliphatic rings. The summed E-state index contributed by atoms with van der Waals surface area (Å²) in [6.45, 7) is 13.6. The van der Waals surface area contributed by atoms with E-state index in [2.05, 4.69) is 86.3 Å². The second kappa shape index (κ2) is 29.7. The molecule has 0 saturated carbocycles. The van der Waals surface area contributed by atoms with Gasteiger partial charge in [-0.25, -0.2) is 4.39 Å². The van der Waals surface area contributed by atoms with Crippen LogP contribution in [0.1, 0.15) is 230 Å². The summed E-state index contributed by atoms with van der Waals surface area (Å²) in [5.41, 5.74) is 6.74. The first-order valence-electron chi connectivity index (χ1n) is 23.8. The third kappa shape index (κ3) is 20.0. The highest BCUT2D eigenvalue weighted by Gasteiger charge is 2.27. The lowest BCUT2D eigenvalue weighted by atomic mass is 9.91. The number of unbranched alkanes of at least 4 members (excludes halogenated alkanes) is 21. The van der Waals surface area contributed by atoms with Gasteiger partial charge in [-0.1, -0.05) is 181 Å². The molecule has 55 heavy (non-hydrogen) atoms. The first-order valence-corrected chi connectivity index (χ1v) is 23.8. The fraction of sp³-hybridized carbons (Fsp3) is 0.725. The van der Waals surface area contributed by atoms with E-state index in [-0.39, 0.29) is 11.9 Å². The third-order valence-electron chi connectivity index (χ3n) is 12.0. The molecular formula is C51H86FN3. The topological polar surface area (TPSA) is 31.1 Å². The van der Waals surface area contributed by atoms with Crippen molar-refractivity contribution in [3.63, 3.8) is 0 Å². The number of hydrogen-bond donors (Lipinski definition) is 2. The number of nitrogens with zero attached hydrogens (tertiary/aromatic N) is 1. The molecule has 0 bridgehead atoms. The molecule has 1 aromatic carbocycles. The number of para-hydroxylation sites is 1. The number of rotatable bonds is 34. The van der Waals surface area contributed by atoms with Gasteiger partial charge in [0.05, 0.1) is 6.04 Å². The number of benzene rings is 1. The summed E-state index contributed by atoms with van der Waals surface area (Å²) in [4.78, 5) is 6.01. The van der Waals surface area contributed by atoms with E-state index < -0.39 is 0 Å². The molecule has 3 rings (SSSR count). The second-order valence-corrected chi connectivity index (χ2v) is 17.7. The van der Waals surface area contributed by atoms with E-state index in [0.717, 1.165) is 44.7 Å². The lowest BCUT2D eigenvalue weighted by Crippen LogP contribution is -2.29. The SMILES string of the molecule is CCCCCCCCCCC1=CC(F)=CN(CCCCCCCCCC)C1c1cc(CCCCCCCCCCNc2ccccc2C(C)CC(C)C)c[nH]1. The van der Waals surface area contributed by atoms with Gasteiger partial charge in [-0.15, -0.1) is 0 Å². The molecule has 0 saturated heterocycles. The van der Waals surface area contributed by atoms with E-state index in [4.69, 9.17) is 0 Å². The Morgan fingerprint density at radius 1 is 0.673 bits per heavy atom. The monoisotopic (exact) mass is 760 g/mol. The summed E-state index contributed by atoms with van der Waals surface area (Å²) in [6, 6.07) is 11.5. The van der Waals surface area contributed by atoms with Gasteiger partial charge in [-0.05, 0) is 91.7 Å². The van der Waals surface area contributed by atoms with Gasteiger partial charge in [0.2, 0.25) is 0 Å². The average molecular weight is 760 g/mol. The Labute approximate surface area is 340 Å². The van der Waals surface area contributed by atoms with Crippen LogP contribution in [0.2, 0.25) is 0 Å². The van der Waals surface area contributed by atoms with Crippen LogP contribution in [0.3, 0.4) is 0 Å². The normalized spacial score (nSPS) is 15.1.